The molecule has 0 saturated heterocycles. The number of likely N-dealkylation sites (N-methyl/N-ethyl adjacent to an activating group) is 1. The summed E-state index contributed by atoms with van der Waals surface area (Å²) >= 11 is 1.71. The zero-order valence-corrected chi connectivity index (χ0v) is 14.0. The lowest BCUT2D eigenvalue weighted by Gasteiger charge is -2.14. The highest BCUT2D eigenvalue weighted by Gasteiger charge is 2.14. The Balaban J connectivity index is 1.87. The Kier molecular flexibility index (Phi) is 5.23. The molecule has 0 unspecified atom stereocenters. The first-order chi connectivity index (χ1) is 11.3. The quantitative estimate of drug-likeness (QED) is 0.725. The van der Waals surface area contributed by atoms with Gasteiger partial charge in [-0.2, -0.15) is 5.10 Å². The number of thiophene rings is 1. The highest BCUT2D eigenvalue weighted by atomic mass is 32.1. The Morgan fingerprint density at radius 3 is 2.70 bits per heavy atom. The average molecular weight is 327 g/mol. The van der Waals surface area contributed by atoms with Crippen molar-refractivity contribution >= 4 is 11.3 Å². The van der Waals surface area contributed by atoms with Gasteiger partial charge in [0, 0.05) is 24.8 Å². The second-order valence-electron chi connectivity index (χ2n) is 5.62. The number of aliphatic hydroxyl groups excluding tert-OH is 1. The van der Waals surface area contributed by atoms with Crippen LogP contribution in [0.3, 0.4) is 0 Å². The fourth-order valence-corrected chi connectivity index (χ4v) is 3.34. The summed E-state index contributed by atoms with van der Waals surface area (Å²) in [5, 5.41) is 16.0. The zero-order chi connectivity index (χ0) is 16.1. The van der Waals surface area contributed by atoms with E-state index in [1.54, 1.807) is 11.3 Å². The Labute approximate surface area is 140 Å². The first-order valence-electron chi connectivity index (χ1n) is 7.70. The molecule has 3 rings (SSSR count). The second-order valence-corrected chi connectivity index (χ2v) is 6.57. The average Bonchev–Trinajstić information content (AvgIpc) is 3.18. The van der Waals surface area contributed by atoms with Crippen LogP contribution in [0.2, 0.25) is 0 Å². The van der Waals surface area contributed by atoms with Crippen LogP contribution in [0, 0.1) is 0 Å². The Hall–Kier alpha value is -1.95. The van der Waals surface area contributed by atoms with Gasteiger partial charge in [-0.1, -0.05) is 36.4 Å². The van der Waals surface area contributed by atoms with Gasteiger partial charge < -0.3 is 5.11 Å². The van der Waals surface area contributed by atoms with Crippen LogP contribution in [-0.2, 0) is 13.1 Å². The van der Waals surface area contributed by atoms with Crippen molar-refractivity contribution in [2.24, 2.45) is 0 Å². The number of benzene rings is 1. The number of aliphatic hydroxyl groups is 1. The van der Waals surface area contributed by atoms with E-state index in [9.17, 15) is 0 Å². The molecule has 2 aromatic heterocycles. The molecule has 0 atom stereocenters. The third kappa shape index (κ3) is 4.07. The van der Waals surface area contributed by atoms with E-state index >= 15 is 0 Å². The first kappa shape index (κ1) is 15.9. The smallest absolute Gasteiger partial charge is 0.107 e. The van der Waals surface area contributed by atoms with Gasteiger partial charge in [0.15, 0.2) is 0 Å². The summed E-state index contributed by atoms with van der Waals surface area (Å²) in [5.41, 5.74) is 3.48. The van der Waals surface area contributed by atoms with E-state index in [1.807, 2.05) is 17.8 Å². The summed E-state index contributed by atoms with van der Waals surface area (Å²) in [6.45, 7) is 2.38. The van der Waals surface area contributed by atoms with E-state index in [0.717, 1.165) is 18.8 Å². The van der Waals surface area contributed by atoms with Crippen LogP contribution < -0.4 is 0 Å². The maximum atomic E-state index is 9.11. The molecule has 120 valence electrons. The lowest BCUT2D eigenvalue weighted by molar-refractivity contribution is 0.217. The van der Waals surface area contributed by atoms with Gasteiger partial charge in [0.05, 0.1) is 18.0 Å². The van der Waals surface area contributed by atoms with Crippen molar-refractivity contribution in [3.8, 4) is 10.6 Å². The summed E-state index contributed by atoms with van der Waals surface area (Å²) < 4.78 is 2.01. The molecule has 0 spiro atoms. The van der Waals surface area contributed by atoms with Crippen molar-refractivity contribution in [1.29, 1.82) is 0 Å². The number of hydrogen-bond acceptors (Lipinski definition) is 4. The summed E-state index contributed by atoms with van der Waals surface area (Å²) in [6, 6.07) is 14.5. The normalized spacial score (nSPS) is 11.3. The molecule has 0 aliphatic rings. The molecule has 0 saturated carbocycles. The molecular formula is C18H21N3OS. The van der Waals surface area contributed by atoms with E-state index in [2.05, 4.69) is 52.9 Å². The zero-order valence-electron chi connectivity index (χ0n) is 13.2. The molecule has 0 aliphatic heterocycles. The van der Waals surface area contributed by atoms with Crippen molar-refractivity contribution < 1.29 is 5.11 Å². The van der Waals surface area contributed by atoms with E-state index in [4.69, 9.17) is 10.2 Å². The molecule has 4 nitrogen and oxygen atoms in total. The SMILES string of the molecule is CN(CCO)Cc1cn(Cc2ccccc2)nc1-c1cccs1. The molecule has 0 radical (unpaired) electrons. The van der Waals surface area contributed by atoms with E-state index < -0.39 is 0 Å². The Morgan fingerprint density at radius 1 is 1.17 bits per heavy atom. The highest BCUT2D eigenvalue weighted by Crippen LogP contribution is 2.27. The highest BCUT2D eigenvalue weighted by molar-refractivity contribution is 7.13. The minimum Gasteiger partial charge on any atom is -0.395 e. The molecule has 2 heterocycles. The minimum absolute atomic E-state index is 0.170. The van der Waals surface area contributed by atoms with E-state index in [-0.39, 0.29) is 6.61 Å². The number of hydrogen-bond donors (Lipinski definition) is 1. The van der Waals surface area contributed by atoms with Gasteiger partial charge in [0.2, 0.25) is 0 Å². The van der Waals surface area contributed by atoms with Crippen LogP contribution >= 0.6 is 11.3 Å². The van der Waals surface area contributed by atoms with Gasteiger partial charge in [0.1, 0.15) is 5.69 Å². The van der Waals surface area contributed by atoms with Crippen molar-refractivity contribution in [2.45, 2.75) is 13.1 Å². The van der Waals surface area contributed by atoms with Crippen LogP contribution in [0.25, 0.3) is 10.6 Å². The first-order valence-corrected chi connectivity index (χ1v) is 8.58. The largest absolute Gasteiger partial charge is 0.395 e. The molecule has 0 fully saturated rings. The van der Waals surface area contributed by atoms with Gasteiger partial charge in [0.25, 0.3) is 0 Å². The molecule has 1 N–H and O–H groups in total. The van der Waals surface area contributed by atoms with Crippen LogP contribution in [-0.4, -0.2) is 40.0 Å². The molecule has 3 aromatic rings. The van der Waals surface area contributed by atoms with Crippen LogP contribution in [0.4, 0.5) is 0 Å². The lowest BCUT2D eigenvalue weighted by atomic mass is 10.2. The molecule has 5 heteroatoms. The third-order valence-electron chi connectivity index (χ3n) is 3.70. The van der Waals surface area contributed by atoms with Crippen LogP contribution in [0.5, 0.6) is 0 Å². The molecule has 0 bridgehead atoms. The maximum absolute atomic E-state index is 9.11. The molecule has 1 aromatic carbocycles. The number of rotatable bonds is 7. The second kappa shape index (κ2) is 7.55. The van der Waals surface area contributed by atoms with Gasteiger partial charge >= 0.3 is 0 Å². The number of nitrogens with zero attached hydrogens (tertiary/aromatic N) is 3. The van der Waals surface area contributed by atoms with Gasteiger partial charge in [-0.05, 0) is 24.1 Å². The van der Waals surface area contributed by atoms with Gasteiger partial charge in [-0.15, -0.1) is 11.3 Å². The predicted molar refractivity (Wildman–Crippen MR) is 94.5 cm³/mol. The summed E-state index contributed by atoms with van der Waals surface area (Å²) in [5.74, 6) is 0. The summed E-state index contributed by atoms with van der Waals surface area (Å²) in [6.07, 6.45) is 2.12. The standard InChI is InChI=1S/C18H21N3OS/c1-20(9-10-22)13-16-14-21(12-15-6-3-2-4-7-15)19-18(16)17-8-5-11-23-17/h2-8,11,14,22H,9-10,12-13H2,1H3. The third-order valence-corrected chi connectivity index (χ3v) is 4.58. The number of aromatic nitrogens is 2. The molecule has 0 aliphatic carbocycles. The fraction of sp³-hybridized carbons (Fsp3) is 0.278. The lowest BCUT2D eigenvalue weighted by Crippen LogP contribution is -2.21. The van der Waals surface area contributed by atoms with Crippen LogP contribution in [0.1, 0.15) is 11.1 Å². The Morgan fingerprint density at radius 2 is 2.00 bits per heavy atom. The van der Waals surface area contributed by atoms with Gasteiger partial charge in [-0.25, -0.2) is 0 Å². The Bertz CT molecular complexity index is 722. The predicted octanol–water partition coefficient (Wildman–Crippen LogP) is 3.08. The summed E-state index contributed by atoms with van der Waals surface area (Å²) in [4.78, 5) is 3.30. The van der Waals surface area contributed by atoms with Crippen molar-refractivity contribution in [3.05, 3.63) is 65.2 Å². The minimum atomic E-state index is 0.170. The molecule has 0 amide bonds. The van der Waals surface area contributed by atoms with Crippen molar-refractivity contribution in [3.63, 3.8) is 0 Å². The summed E-state index contributed by atoms with van der Waals surface area (Å²) in [7, 11) is 2.02. The fourth-order valence-electron chi connectivity index (χ4n) is 2.59. The van der Waals surface area contributed by atoms with Crippen LogP contribution in [0.15, 0.2) is 54.0 Å². The monoisotopic (exact) mass is 327 g/mol. The topological polar surface area (TPSA) is 41.3 Å². The van der Waals surface area contributed by atoms with E-state index in [0.29, 0.717) is 6.54 Å². The van der Waals surface area contributed by atoms with E-state index in [1.165, 1.54) is 16.0 Å². The molecular weight excluding hydrogens is 306 g/mol. The maximum Gasteiger partial charge on any atom is 0.107 e. The molecule has 23 heavy (non-hydrogen) atoms. The van der Waals surface area contributed by atoms with Gasteiger partial charge in [-0.3, -0.25) is 9.58 Å². The van der Waals surface area contributed by atoms with Crippen molar-refractivity contribution in [1.82, 2.24) is 14.7 Å². The van der Waals surface area contributed by atoms with Crippen molar-refractivity contribution in [2.75, 3.05) is 20.2 Å².